The minimum atomic E-state index is -4.28. The molecule has 0 aliphatic heterocycles. The van der Waals surface area contributed by atoms with Crippen molar-refractivity contribution in [2.24, 2.45) is 0 Å². The summed E-state index contributed by atoms with van der Waals surface area (Å²) in [5.74, 6) is -0.692. The molecule has 0 aromatic heterocycles. The molecule has 1 aliphatic carbocycles. The van der Waals surface area contributed by atoms with Gasteiger partial charge in [-0.05, 0) is 44.4 Å². The van der Waals surface area contributed by atoms with E-state index >= 15 is 0 Å². The van der Waals surface area contributed by atoms with E-state index in [0.717, 1.165) is 18.2 Å². The number of sulfonamides is 1. The molecule has 2 atom stereocenters. The van der Waals surface area contributed by atoms with Gasteiger partial charge in [0.25, 0.3) is 0 Å². The number of anilines is 1. The number of carbonyl (C=O) groups excluding carboxylic acids is 3. The van der Waals surface area contributed by atoms with Crippen LogP contribution in [0.3, 0.4) is 0 Å². The van der Waals surface area contributed by atoms with Gasteiger partial charge in [0, 0.05) is 5.57 Å². The Kier molecular flexibility index (Phi) is 7.74. The number of nitrogens with zero attached hydrogens (tertiary/aromatic N) is 1. The fourth-order valence-electron chi connectivity index (χ4n) is 2.76. The lowest BCUT2D eigenvalue weighted by molar-refractivity contribution is -0.115. The van der Waals surface area contributed by atoms with Crippen molar-refractivity contribution in [3.63, 3.8) is 0 Å². The summed E-state index contributed by atoms with van der Waals surface area (Å²) in [6.07, 6.45) is 1.25. The molecule has 2 rings (SSSR count). The van der Waals surface area contributed by atoms with Crippen LogP contribution >= 0.6 is 11.6 Å². The fraction of sp³-hybridized carbons (Fsp3) is 0.389. The minimum Gasteiger partial charge on any atom is -0.424 e. The van der Waals surface area contributed by atoms with Gasteiger partial charge in [0.15, 0.2) is 19.1 Å². The minimum absolute atomic E-state index is 0.0802. The maximum atomic E-state index is 13.4. The number of hydrogen-bond donors (Lipinski definition) is 0. The third-order valence-corrected chi connectivity index (χ3v) is 6.62. The summed E-state index contributed by atoms with van der Waals surface area (Å²) in [6, 6.07) is 3.02. The van der Waals surface area contributed by atoms with Gasteiger partial charge >= 0.3 is 6.16 Å². The molecule has 1 aromatic rings. The molecule has 0 spiro atoms. The molecule has 29 heavy (non-hydrogen) atoms. The number of halogens is 2. The van der Waals surface area contributed by atoms with Crippen LogP contribution in [0.1, 0.15) is 26.2 Å². The number of aldehydes is 2. The quantitative estimate of drug-likeness (QED) is 0.342. The Labute approximate surface area is 172 Å². The average molecular weight is 448 g/mol. The maximum Gasteiger partial charge on any atom is 0.510 e. The van der Waals surface area contributed by atoms with Crippen LogP contribution in [0, 0.1) is 5.82 Å². The standard InChI is InChI=1S/C18H19ClFNO7S/c1-12(9-22)28-18(24)27-11-21(16-7-6-14(20)8-15(16)19)29(25,26)17-5-3-2-4-13(17)10-23/h4,6-10,12,17H,2-3,5,11H2,1H3/t12-,17?/m0/s1. The number of rotatable bonds is 8. The monoisotopic (exact) mass is 447 g/mol. The van der Waals surface area contributed by atoms with Crippen molar-refractivity contribution in [3.8, 4) is 0 Å². The summed E-state index contributed by atoms with van der Waals surface area (Å²) in [5, 5.41) is -1.41. The van der Waals surface area contributed by atoms with Crippen molar-refractivity contribution < 1.29 is 36.7 Å². The summed E-state index contributed by atoms with van der Waals surface area (Å²) in [5.41, 5.74) is -0.0586. The molecule has 0 heterocycles. The first-order valence-corrected chi connectivity index (χ1v) is 10.5. The van der Waals surface area contributed by atoms with E-state index in [-0.39, 0.29) is 22.7 Å². The molecule has 11 heteroatoms. The average Bonchev–Trinajstić information content (AvgIpc) is 2.69. The van der Waals surface area contributed by atoms with E-state index in [0.29, 0.717) is 29.7 Å². The number of allylic oxidation sites excluding steroid dienone is 1. The number of ether oxygens (including phenoxy) is 2. The number of benzene rings is 1. The molecule has 8 nitrogen and oxygen atoms in total. The molecular formula is C18H19ClFNO7S. The Bertz CT molecular complexity index is 919. The van der Waals surface area contributed by atoms with Crippen LogP contribution in [0.4, 0.5) is 14.9 Å². The van der Waals surface area contributed by atoms with Crippen molar-refractivity contribution in [2.75, 3.05) is 11.0 Å². The predicted octanol–water partition coefficient (Wildman–Crippen LogP) is 2.99. The third kappa shape index (κ3) is 5.54. The molecule has 0 fully saturated rings. The second kappa shape index (κ2) is 9.84. The van der Waals surface area contributed by atoms with Gasteiger partial charge in [-0.1, -0.05) is 17.7 Å². The smallest absolute Gasteiger partial charge is 0.424 e. The van der Waals surface area contributed by atoms with E-state index in [1.165, 1.54) is 13.0 Å². The normalized spacial score (nSPS) is 17.6. The molecule has 1 unspecified atom stereocenters. The number of hydrogen-bond acceptors (Lipinski definition) is 7. The summed E-state index contributed by atoms with van der Waals surface area (Å²) < 4.78 is 50.1. The van der Waals surface area contributed by atoms with Crippen LogP contribution < -0.4 is 4.31 Å². The van der Waals surface area contributed by atoms with Crippen LogP contribution in [0.5, 0.6) is 0 Å². The van der Waals surface area contributed by atoms with E-state index in [4.69, 9.17) is 16.3 Å². The van der Waals surface area contributed by atoms with E-state index < -0.39 is 40.1 Å². The highest BCUT2D eigenvalue weighted by molar-refractivity contribution is 7.93. The highest BCUT2D eigenvalue weighted by atomic mass is 35.5. The van der Waals surface area contributed by atoms with E-state index in [1.54, 1.807) is 0 Å². The Morgan fingerprint density at radius 3 is 2.76 bits per heavy atom. The summed E-state index contributed by atoms with van der Waals surface area (Å²) >= 11 is 6.01. The van der Waals surface area contributed by atoms with Crippen LogP contribution in [-0.2, 0) is 29.1 Å². The lowest BCUT2D eigenvalue weighted by atomic mass is 10.0. The zero-order valence-corrected chi connectivity index (χ0v) is 17.0. The van der Waals surface area contributed by atoms with Gasteiger partial charge in [-0.15, -0.1) is 0 Å². The van der Waals surface area contributed by atoms with Gasteiger partial charge in [-0.2, -0.15) is 0 Å². The first-order chi connectivity index (χ1) is 13.7. The lowest BCUT2D eigenvalue weighted by Crippen LogP contribution is -2.43. The Morgan fingerprint density at radius 1 is 1.41 bits per heavy atom. The zero-order chi connectivity index (χ0) is 21.6. The van der Waals surface area contributed by atoms with E-state index in [9.17, 15) is 27.2 Å². The predicted molar refractivity (Wildman–Crippen MR) is 103 cm³/mol. The van der Waals surface area contributed by atoms with Crippen LogP contribution in [0.2, 0.25) is 5.02 Å². The number of carbonyl (C=O) groups is 3. The van der Waals surface area contributed by atoms with Crippen molar-refractivity contribution >= 4 is 46.0 Å². The Balaban J connectivity index is 2.39. The Hall–Kier alpha value is -2.46. The fourth-order valence-corrected chi connectivity index (χ4v) is 4.98. The van der Waals surface area contributed by atoms with Gasteiger partial charge in [0.05, 0.1) is 10.7 Å². The molecule has 1 aliphatic rings. The summed E-state index contributed by atoms with van der Waals surface area (Å²) in [4.78, 5) is 33.6. The highest BCUT2D eigenvalue weighted by Crippen LogP contribution is 2.33. The molecule has 0 amide bonds. The molecule has 0 saturated carbocycles. The molecule has 0 radical (unpaired) electrons. The van der Waals surface area contributed by atoms with Gasteiger partial charge < -0.3 is 9.47 Å². The molecule has 1 aromatic carbocycles. The first-order valence-electron chi connectivity index (χ1n) is 8.61. The van der Waals surface area contributed by atoms with Gasteiger partial charge in [-0.25, -0.2) is 21.9 Å². The third-order valence-electron chi connectivity index (χ3n) is 4.18. The SMILES string of the molecule is C[C@@H](C=O)OC(=O)OCN(c1ccc(F)cc1Cl)S(=O)(=O)C1CCCC=C1C=O. The molecule has 0 bridgehead atoms. The highest BCUT2D eigenvalue weighted by Gasteiger charge is 2.37. The second-order valence-electron chi connectivity index (χ2n) is 6.21. The van der Waals surface area contributed by atoms with Gasteiger partial charge in [0.1, 0.15) is 17.4 Å². The summed E-state index contributed by atoms with van der Waals surface area (Å²) in [7, 11) is -4.28. The summed E-state index contributed by atoms with van der Waals surface area (Å²) in [6.45, 7) is 0.448. The van der Waals surface area contributed by atoms with Crippen LogP contribution in [-0.4, -0.2) is 45.2 Å². The largest absolute Gasteiger partial charge is 0.510 e. The van der Waals surface area contributed by atoms with Crippen LogP contribution in [0.15, 0.2) is 29.8 Å². The zero-order valence-electron chi connectivity index (χ0n) is 15.4. The molecular weight excluding hydrogens is 429 g/mol. The van der Waals surface area contributed by atoms with Gasteiger partial charge in [0.2, 0.25) is 10.0 Å². The lowest BCUT2D eigenvalue weighted by Gasteiger charge is -2.30. The van der Waals surface area contributed by atoms with E-state index in [1.807, 2.05) is 0 Å². The van der Waals surface area contributed by atoms with E-state index in [2.05, 4.69) is 4.74 Å². The first kappa shape index (κ1) is 22.8. The molecule has 158 valence electrons. The van der Waals surface area contributed by atoms with Crippen LogP contribution in [0.25, 0.3) is 0 Å². The maximum absolute atomic E-state index is 13.4. The molecule has 0 saturated heterocycles. The topological polar surface area (TPSA) is 107 Å². The van der Waals surface area contributed by atoms with Gasteiger partial charge in [-0.3, -0.25) is 9.59 Å². The van der Waals surface area contributed by atoms with Crippen molar-refractivity contribution in [3.05, 3.63) is 40.7 Å². The van der Waals surface area contributed by atoms with Crippen molar-refractivity contribution in [1.29, 1.82) is 0 Å². The van der Waals surface area contributed by atoms with Crippen molar-refractivity contribution in [2.45, 2.75) is 37.5 Å². The van der Waals surface area contributed by atoms with Crippen molar-refractivity contribution in [1.82, 2.24) is 0 Å². The Morgan fingerprint density at radius 2 is 2.14 bits per heavy atom. The molecule has 0 N–H and O–H groups in total. The second-order valence-corrected chi connectivity index (χ2v) is 8.66.